The van der Waals surface area contributed by atoms with Gasteiger partial charge in [-0.3, -0.25) is 0 Å². The highest BCUT2D eigenvalue weighted by Gasteiger charge is 2.41. The van der Waals surface area contributed by atoms with Crippen molar-refractivity contribution in [3.63, 3.8) is 0 Å². The Balaban J connectivity index is 1.51. The first-order chi connectivity index (χ1) is 9.76. The average Bonchev–Trinajstić information content (AvgIpc) is 2.71. The van der Waals surface area contributed by atoms with E-state index < -0.39 is 5.82 Å². The summed E-state index contributed by atoms with van der Waals surface area (Å²) in [5.74, 6) is 0.398. The predicted octanol–water partition coefficient (Wildman–Crippen LogP) is 0.423. The van der Waals surface area contributed by atoms with Crippen LogP contribution in [0.25, 0.3) is 0 Å². The monoisotopic (exact) mass is 282 g/mol. The molecule has 2 aliphatic rings. The molecule has 20 heavy (non-hydrogen) atoms. The Morgan fingerprint density at radius 3 is 3.15 bits per heavy atom. The number of nitrogens with zero attached hydrogens (tertiary/aromatic N) is 2. The number of hydrogen-bond acceptors (Lipinski definition) is 6. The number of ether oxygens (including phenoxy) is 2. The summed E-state index contributed by atoms with van der Waals surface area (Å²) in [6, 6.07) is 0. The van der Waals surface area contributed by atoms with Gasteiger partial charge in [-0.05, 0) is 6.42 Å². The van der Waals surface area contributed by atoms with Gasteiger partial charge < -0.3 is 20.1 Å². The maximum Gasteiger partial charge on any atom is 0.222 e. The first-order valence-corrected chi connectivity index (χ1v) is 6.90. The van der Waals surface area contributed by atoms with Crippen molar-refractivity contribution in [1.82, 2.24) is 15.3 Å². The zero-order valence-corrected chi connectivity index (χ0v) is 11.3. The van der Waals surface area contributed by atoms with Gasteiger partial charge in [0.1, 0.15) is 5.60 Å². The van der Waals surface area contributed by atoms with Crippen molar-refractivity contribution in [1.29, 1.82) is 0 Å². The van der Waals surface area contributed by atoms with E-state index in [1.54, 1.807) is 0 Å². The van der Waals surface area contributed by atoms with Gasteiger partial charge in [-0.1, -0.05) is 0 Å². The van der Waals surface area contributed by atoms with Crippen LogP contribution in [0.2, 0.25) is 0 Å². The Morgan fingerprint density at radius 2 is 2.30 bits per heavy atom. The molecule has 2 saturated heterocycles. The molecule has 2 atom stereocenters. The summed E-state index contributed by atoms with van der Waals surface area (Å²) in [5.41, 5.74) is -0.202. The molecule has 0 radical (unpaired) electrons. The molecule has 1 aromatic rings. The van der Waals surface area contributed by atoms with E-state index >= 15 is 0 Å². The van der Waals surface area contributed by atoms with Crippen LogP contribution in [0, 0.1) is 11.7 Å². The summed E-state index contributed by atoms with van der Waals surface area (Å²) in [6.07, 6.45) is 3.25. The van der Waals surface area contributed by atoms with Crippen LogP contribution in [0.4, 0.5) is 10.3 Å². The summed E-state index contributed by atoms with van der Waals surface area (Å²) in [6.45, 7) is 4.49. The van der Waals surface area contributed by atoms with Crippen LogP contribution in [0.1, 0.15) is 6.42 Å². The smallest absolute Gasteiger partial charge is 0.222 e. The summed E-state index contributed by atoms with van der Waals surface area (Å²) in [5, 5.41) is 6.47. The van der Waals surface area contributed by atoms with Crippen LogP contribution < -0.4 is 10.6 Å². The highest BCUT2D eigenvalue weighted by atomic mass is 19.1. The van der Waals surface area contributed by atoms with Crippen molar-refractivity contribution in [3.8, 4) is 0 Å². The third-order valence-corrected chi connectivity index (χ3v) is 3.69. The molecular weight excluding hydrogens is 263 g/mol. The fourth-order valence-corrected chi connectivity index (χ4v) is 2.70. The molecule has 6 nitrogen and oxygen atoms in total. The molecule has 0 amide bonds. The van der Waals surface area contributed by atoms with E-state index in [9.17, 15) is 4.39 Å². The molecule has 0 saturated carbocycles. The zero-order chi connectivity index (χ0) is 13.8. The highest BCUT2D eigenvalue weighted by Crippen LogP contribution is 2.30. The average molecular weight is 282 g/mol. The topological polar surface area (TPSA) is 68.3 Å². The second kappa shape index (κ2) is 5.99. The predicted molar refractivity (Wildman–Crippen MR) is 71.0 cm³/mol. The lowest BCUT2D eigenvalue weighted by atomic mass is 9.95. The number of nitrogens with one attached hydrogen (secondary N) is 2. The van der Waals surface area contributed by atoms with Crippen molar-refractivity contribution in [3.05, 3.63) is 18.2 Å². The number of aromatic nitrogens is 2. The maximum absolute atomic E-state index is 12.7. The SMILES string of the molecule is Fc1cnc(NC[C@@H]2CO[C@]3(CNCCOC3)C2)nc1. The van der Waals surface area contributed by atoms with Gasteiger partial charge in [0.15, 0.2) is 5.82 Å². The van der Waals surface area contributed by atoms with Gasteiger partial charge in [0, 0.05) is 25.6 Å². The quantitative estimate of drug-likeness (QED) is 0.837. The molecule has 2 fully saturated rings. The fraction of sp³-hybridized carbons (Fsp3) is 0.692. The van der Waals surface area contributed by atoms with E-state index in [-0.39, 0.29) is 5.60 Å². The lowest BCUT2D eigenvalue weighted by molar-refractivity contribution is -0.0471. The largest absolute Gasteiger partial charge is 0.377 e. The van der Waals surface area contributed by atoms with E-state index in [0.29, 0.717) is 31.6 Å². The minimum absolute atomic E-state index is 0.202. The second-order valence-corrected chi connectivity index (χ2v) is 5.40. The molecule has 0 unspecified atom stereocenters. The van der Waals surface area contributed by atoms with Crippen LogP contribution >= 0.6 is 0 Å². The van der Waals surface area contributed by atoms with Gasteiger partial charge in [-0.2, -0.15) is 0 Å². The molecule has 7 heteroatoms. The van der Waals surface area contributed by atoms with Gasteiger partial charge in [-0.25, -0.2) is 14.4 Å². The van der Waals surface area contributed by atoms with E-state index in [0.717, 1.165) is 38.5 Å². The maximum atomic E-state index is 12.7. The number of hydrogen-bond donors (Lipinski definition) is 2. The van der Waals surface area contributed by atoms with Gasteiger partial charge in [0.25, 0.3) is 0 Å². The molecule has 2 aliphatic heterocycles. The molecule has 3 rings (SSSR count). The molecule has 1 spiro atoms. The Kier molecular flexibility index (Phi) is 4.09. The Hall–Kier alpha value is -1.31. The van der Waals surface area contributed by atoms with Crippen molar-refractivity contribution >= 4 is 5.95 Å². The van der Waals surface area contributed by atoms with Crippen LogP contribution in [0.5, 0.6) is 0 Å². The van der Waals surface area contributed by atoms with E-state index in [1.807, 2.05) is 0 Å². The lowest BCUT2D eigenvalue weighted by Crippen LogP contribution is -2.42. The van der Waals surface area contributed by atoms with Crippen LogP contribution in [-0.2, 0) is 9.47 Å². The van der Waals surface area contributed by atoms with Crippen molar-refractivity contribution in [2.75, 3.05) is 44.8 Å². The molecule has 110 valence electrons. The molecule has 2 N–H and O–H groups in total. The molecule has 0 aliphatic carbocycles. The highest BCUT2D eigenvalue weighted by molar-refractivity contribution is 5.22. The number of anilines is 1. The van der Waals surface area contributed by atoms with E-state index in [1.165, 1.54) is 0 Å². The van der Waals surface area contributed by atoms with Crippen molar-refractivity contribution in [2.45, 2.75) is 12.0 Å². The number of rotatable bonds is 3. The summed E-state index contributed by atoms with van der Waals surface area (Å²) >= 11 is 0. The Labute approximate surface area is 117 Å². The van der Waals surface area contributed by atoms with Crippen molar-refractivity contribution < 1.29 is 13.9 Å². The minimum Gasteiger partial charge on any atom is -0.377 e. The van der Waals surface area contributed by atoms with Crippen LogP contribution in [0.3, 0.4) is 0 Å². The standard InChI is InChI=1S/C13H19FN4O2/c14-11-5-17-12(18-6-11)16-4-10-3-13(20-7-10)8-15-1-2-19-9-13/h5-6,10,15H,1-4,7-9H2,(H,16,17,18)/t10-,13+/m1/s1. The first-order valence-electron chi connectivity index (χ1n) is 6.90. The van der Waals surface area contributed by atoms with Crippen LogP contribution in [0.15, 0.2) is 12.4 Å². The van der Waals surface area contributed by atoms with E-state index in [4.69, 9.17) is 9.47 Å². The van der Waals surface area contributed by atoms with Crippen LogP contribution in [-0.4, -0.2) is 55.0 Å². The van der Waals surface area contributed by atoms with Crippen molar-refractivity contribution in [2.24, 2.45) is 5.92 Å². The summed E-state index contributed by atoms with van der Waals surface area (Å²) < 4.78 is 24.2. The van der Waals surface area contributed by atoms with Gasteiger partial charge in [0.2, 0.25) is 5.95 Å². The van der Waals surface area contributed by atoms with E-state index in [2.05, 4.69) is 20.6 Å². The molecule has 1 aromatic heterocycles. The third kappa shape index (κ3) is 3.23. The minimum atomic E-state index is -0.430. The Morgan fingerprint density at radius 1 is 1.45 bits per heavy atom. The number of halogens is 1. The lowest BCUT2D eigenvalue weighted by Gasteiger charge is -2.25. The van der Waals surface area contributed by atoms with Gasteiger partial charge in [-0.15, -0.1) is 0 Å². The van der Waals surface area contributed by atoms with Gasteiger partial charge >= 0.3 is 0 Å². The summed E-state index contributed by atoms with van der Waals surface area (Å²) in [4.78, 5) is 7.77. The second-order valence-electron chi connectivity index (χ2n) is 5.40. The summed E-state index contributed by atoms with van der Waals surface area (Å²) in [7, 11) is 0. The fourth-order valence-electron chi connectivity index (χ4n) is 2.70. The normalized spacial score (nSPS) is 30.4. The molecule has 0 aromatic carbocycles. The first kappa shape index (κ1) is 13.7. The Bertz CT molecular complexity index is 435. The molecular formula is C13H19FN4O2. The van der Waals surface area contributed by atoms with Gasteiger partial charge in [0.05, 0.1) is 32.2 Å². The zero-order valence-electron chi connectivity index (χ0n) is 11.3. The molecule has 0 bridgehead atoms. The third-order valence-electron chi connectivity index (χ3n) is 3.69. The molecule has 3 heterocycles.